The second-order valence-corrected chi connectivity index (χ2v) is 6.45. The molecule has 1 aliphatic carbocycles. The first-order chi connectivity index (χ1) is 11.7. The van der Waals surface area contributed by atoms with Gasteiger partial charge in [-0.25, -0.2) is 0 Å². The zero-order chi connectivity index (χ0) is 16.8. The van der Waals surface area contributed by atoms with E-state index in [-0.39, 0.29) is 18.1 Å². The number of carbonyl (C=O) groups is 1. The predicted octanol–water partition coefficient (Wildman–Crippen LogP) is 2.86. The number of amides is 1. The molecule has 1 saturated carbocycles. The molecule has 1 amide bonds. The van der Waals surface area contributed by atoms with Crippen LogP contribution in [-0.4, -0.2) is 27.8 Å². The standard InChI is InChI=1S/C19H25N3O2/c1-22-14-15(13-20-22)11-12-19(23)21-17-9-5-6-10-18(17)24-16-7-3-2-4-8-16/h2-4,7-8,13-14,17-18H,5-6,9-12H2,1H3,(H,21,23)/t17-,18-/m0/s1. The highest BCUT2D eigenvalue weighted by molar-refractivity contribution is 5.76. The molecule has 5 heteroatoms. The normalized spacial score (nSPS) is 20.5. The minimum Gasteiger partial charge on any atom is -0.488 e. The Hall–Kier alpha value is -2.30. The number of aryl methyl sites for hydroxylation is 2. The van der Waals surface area contributed by atoms with E-state index >= 15 is 0 Å². The Kier molecular flexibility index (Phi) is 5.51. The van der Waals surface area contributed by atoms with Gasteiger partial charge in [0.1, 0.15) is 11.9 Å². The van der Waals surface area contributed by atoms with Crippen molar-refractivity contribution in [3.8, 4) is 5.75 Å². The Balaban J connectivity index is 1.52. The summed E-state index contributed by atoms with van der Waals surface area (Å²) >= 11 is 0. The number of carbonyl (C=O) groups excluding carboxylic acids is 1. The van der Waals surface area contributed by atoms with Gasteiger partial charge in [-0.3, -0.25) is 9.48 Å². The third-order valence-electron chi connectivity index (χ3n) is 4.48. The van der Waals surface area contributed by atoms with Gasteiger partial charge < -0.3 is 10.1 Å². The summed E-state index contributed by atoms with van der Waals surface area (Å²) in [6.45, 7) is 0. The second-order valence-electron chi connectivity index (χ2n) is 6.45. The summed E-state index contributed by atoms with van der Waals surface area (Å²) in [7, 11) is 1.89. The van der Waals surface area contributed by atoms with Gasteiger partial charge in [0.2, 0.25) is 5.91 Å². The van der Waals surface area contributed by atoms with E-state index in [1.54, 1.807) is 4.68 Å². The van der Waals surface area contributed by atoms with Crippen LogP contribution >= 0.6 is 0 Å². The Labute approximate surface area is 143 Å². The lowest BCUT2D eigenvalue weighted by molar-refractivity contribution is -0.122. The van der Waals surface area contributed by atoms with E-state index < -0.39 is 0 Å². The Bertz CT molecular complexity index is 654. The largest absolute Gasteiger partial charge is 0.488 e. The lowest BCUT2D eigenvalue weighted by Crippen LogP contribution is -2.47. The fraction of sp³-hybridized carbons (Fsp3) is 0.474. The van der Waals surface area contributed by atoms with Crippen LogP contribution in [0.5, 0.6) is 5.75 Å². The first-order valence-corrected chi connectivity index (χ1v) is 8.69. The zero-order valence-corrected chi connectivity index (χ0v) is 14.1. The van der Waals surface area contributed by atoms with E-state index in [4.69, 9.17) is 4.74 Å². The Morgan fingerprint density at radius 2 is 2.08 bits per heavy atom. The average molecular weight is 327 g/mol. The molecule has 1 heterocycles. The lowest BCUT2D eigenvalue weighted by atomic mass is 9.92. The molecule has 1 fully saturated rings. The number of hydrogen-bond donors (Lipinski definition) is 1. The first kappa shape index (κ1) is 16.6. The molecule has 0 aliphatic heterocycles. The third-order valence-corrected chi connectivity index (χ3v) is 4.48. The number of para-hydroxylation sites is 1. The number of hydrogen-bond acceptors (Lipinski definition) is 3. The number of rotatable bonds is 6. The Morgan fingerprint density at radius 3 is 2.83 bits per heavy atom. The number of ether oxygens (including phenoxy) is 1. The van der Waals surface area contributed by atoms with Gasteiger partial charge in [0.25, 0.3) is 0 Å². The summed E-state index contributed by atoms with van der Waals surface area (Å²) in [5.74, 6) is 0.964. The maximum absolute atomic E-state index is 12.3. The van der Waals surface area contributed by atoms with E-state index in [1.807, 2.05) is 49.8 Å². The van der Waals surface area contributed by atoms with Crippen molar-refractivity contribution in [3.63, 3.8) is 0 Å². The smallest absolute Gasteiger partial charge is 0.220 e. The van der Waals surface area contributed by atoms with Crippen LogP contribution in [-0.2, 0) is 18.3 Å². The van der Waals surface area contributed by atoms with Gasteiger partial charge in [-0.15, -0.1) is 0 Å². The van der Waals surface area contributed by atoms with Crippen LogP contribution in [0.3, 0.4) is 0 Å². The maximum Gasteiger partial charge on any atom is 0.220 e. The van der Waals surface area contributed by atoms with Crippen molar-refractivity contribution >= 4 is 5.91 Å². The van der Waals surface area contributed by atoms with Gasteiger partial charge in [-0.2, -0.15) is 5.10 Å². The molecule has 1 aliphatic rings. The summed E-state index contributed by atoms with van der Waals surface area (Å²) < 4.78 is 7.87. The summed E-state index contributed by atoms with van der Waals surface area (Å²) in [5, 5.41) is 7.31. The predicted molar refractivity (Wildman–Crippen MR) is 92.8 cm³/mol. The van der Waals surface area contributed by atoms with Crippen LogP contribution in [0.25, 0.3) is 0 Å². The highest BCUT2D eigenvalue weighted by atomic mass is 16.5. The molecule has 0 saturated heterocycles. The van der Waals surface area contributed by atoms with Crippen LogP contribution < -0.4 is 10.1 Å². The van der Waals surface area contributed by atoms with E-state index in [9.17, 15) is 4.79 Å². The average Bonchev–Trinajstić information content (AvgIpc) is 3.01. The van der Waals surface area contributed by atoms with E-state index in [2.05, 4.69) is 10.4 Å². The second kappa shape index (κ2) is 7.99. The number of benzene rings is 1. The SMILES string of the molecule is Cn1cc(CCC(=O)N[C@H]2CCCC[C@@H]2Oc2ccccc2)cn1. The van der Waals surface area contributed by atoms with Crippen molar-refractivity contribution in [2.24, 2.45) is 7.05 Å². The van der Waals surface area contributed by atoms with E-state index in [1.165, 1.54) is 0 Å². The van der Waals surface area contributed by atoms with Crippen LogP contribution in [0.2, 0.25) is 0 Å². The van der Waals surface area contributed by atoms with Crippen molar-refractivity contribution in [2.75, 3.05) is 0 Å². The first-order valence-electron chi connectivity index (χ1n) is 8.69. The molecule has 3 rings (SSSR count). The molecule has 0 spiro atoms. The van der Waals surface area contributed by atoms with Crippen LogP contribution in [0, 0.1) is 0 Å². The molecule has 0 bridgehead atoms. The molecule has 0 unspecified atom stereocenters. The van der Waals surface area contributed by atoms with Gasteiger partial charge in [0.05, 0.1) is 12.2 Å². The molecule has 128 valence electrons. The van der Waals surface area contributed by atoms with Gasteiger partial charge in [-0.1, -0.05) is 24.6 Å². The fourth-order valence-electron chi connectivity index (χ4n) is 3.21. The molecular weight excluding hydrogens is 302 g/mol. The molecule has 5 nitrogen and oxygen atoms in total. The van der Waals surface area contributed by atoms with Crippen molar-refractivity contribution in [3.05, 3.63) is 48.3 Å². The topological polar surface area (TPSA) is 56.2 Å². The third kappa shape index (κ3) is 4.60. The van der Waals surface area contributed by atoms with Crippen molar-refractivity contribution in [1.82, 2.24) is 15.1 Å². The quantitative estimate of drug-likeness (QED) is 0.887. The number of nitrogens with zero attached hydrogens (tertiary/aromatic N) is 2. The van der Waals surface area contributed by atoms with Crippen molar-refractivity contribution < 1.29 is 9.53 Å². The van der Waals surface area contributed by atoms with E-state index in [0.29, 0.717) is 6.42 Å². The van der Waals surface area contributed by atoms with Gasteiger partial charge in [-0.05, 0) is 43.4 Å². The maximum atomic E-state index is 12.3. The fourth-order valence-corrected chi connectivity index (χ4v) is 3.21. The minimum atomic E-state index is 0.0588. The summed E-state index contributed by atoms with van der Waals surface area (Å²) in [4.78, 5) is 12.3. The van der Waals surface area contributed by atoms with E-state index in [0.717, 1.165) is 43.4 Å². The van der Waals surface area contributed by atoms with Crippen LogP contribution in [0.1, 0.15) is 37.7 Å². The molecule has 24 heavy (non-hydrogen) atoms. The molecule has 2 atom stereocenters. The highest BCUT2D eigenvalue weighted by Crippen LogP contribution is 2.24. The molecule has 0 radical (unpaired) electrons. The Morgan fingerprint density at radius 1 is 1.29 bits per heavy atom. The zero-order valence-electron chi connectivity index (χ0n) is 14.1. The van der Waals surface area contributed by atoms with Gasteiger partial charge in [0, 0.05) is 19.7 Å². The summed E-state index contributed by atoms with van der Waals surface area (Å²) in [6, 6.07) is 9.96. The number of nitrogens with one attached hydrogen (secondary N) is 1. The summed E-state index contributed by atoms with van der Waals surface area (Å²) in [5.41, 5.74) is 1.09. The van der Waals surface area contributed by atoms with Gasteiger partial charge >= 0.3 is 0 Å². The molecule has 2 aromatic rings. The van der Waals surface area contributed by atoms with Crippen LogP contribution in [0.4, 0.5) is 0 Å². The molecule has 1 N–H and O–H groups in total. The molecular formula is C19H25N3O2. The number of aromatic nitrogens is 2. The van der Waals surface area contributed by atoms with Gasteiger partial charge in [0.15, 0.2) is 0 Å². The molecule has 1 aromatic carbocycles. The highest BCUT2D eigenvalue weighted by Gasteiger charge is 2.28. The monoisotopic (exact) mass is 327 g/mol. The van der Waals surface area contributed by atoms with Crippen molar-refractivity contribution in [1.29, 1.82) is 0 Å². The molecule has 1 aromatic heterocycles. The lowest BCUT2D eigenvalue weighted by Gasteiger charge is -2.32. The van der Waals surface area contributed by atoms with Crippen molar-refractivity contribution in [2.45, 2.75) is 50.7 Å². The summed E-state index contributed by atoms with van der Waals surface area (Å²) in [6.07, 6.45) is 9.30. The van der Waals surface area contributed by atoms with Crippen LogP contribution in [0.15, 0.2) is 42.7 Å². The minimum absolute atomic E-state index is 0.0588.